The zero-order chi connectivity index (χ0) is 13.6. The highest BCUT2D eigenvalue weighted by atomic mass is 16.3. The highest BCUT2D eigenvalue weighted by molar-refractivity contribution is 5.77. The van der Waals surface area contributed by atoms with E-state index in [2.05, 4.69) is 43.1 Å². The van der Waals surface area contributed by atoms with Crippen LogP contribution in [-0.4, -0.2) is 18.3 Å². The maximum absolute atomic E-state index is 10.4. The summed E-state index contributed by atoms with van der Waals surface area (Å²) in [6, 6.07) is 16.7. The lowest BCUT2D eigenvalue weighted by molar-refractivity contribution is 0.129. The van der Waals surface area contributed by atoms with Crippen LogP contribution in [0.1, 0.15) is 25.0 Å². The van der Waals surface area contributed by atoms with Gasteiger partial charge in [0.2, 0.25) is 0 Å². The van der Waals surface area contributed by atoms with Crippen LogP contribution in [0.25, 0.3) is 0 Å². The molecule has 98 valence electrons. The van der Waals surface area contributed by atoms with Crippen LogP contribution in [0.4, 0.5) is 11.4 Å². The molecule has 1 N–H and O–H groups in total. The van der Waals surface area contributed by atoms with E-state index in [9.17, 15) is 5.11 Å². The van der Waals surface area contributed by atoms with Crippen molar-refractivity contribution in [2.45, 2.75) is 25.4 Å². The van der Waals surface area contributed by atoms with Crippen LogP contribution in [-0.2, 0) is 5.41 Å². The summed E-state index contributed by atoms with van der Waals surface area (Å²) < 4.78 is 0. The summed E-state index contributed by atoms with van der Waals surface area (Å²) in [4.78, 5) is 2.20. The van der Waals surface area contributed by atoms with Crippen molar-refractivity contribution in [2.75, 3.05) is 11.9 Å². The highest BCUT2D eigenvalue weighted by Crippen LogP contribution is 2.49. The highest BCUT2D eigenvalue weighted by Gasteiger charge is 2.41. The van der Waals surface area contributed by atoms with Crippen molar-refractivity contribution >= 4 is 11.4 Å². The Hall–Kier alpha value is -1.80. The fourth-order valence-electron chi connectivity index (χ4n) is 3.14. The smallest absolute Gasteiger partial charge is 0.0648 e. The zero-order valence-corrected chi connectivity index (χ0v) is 11.6. The molecule has 0 bridgehead atoms. The van der Waals surface area contributed by atoms with Crippen molar-refractivity contribution in [3.05, 3.63) is 59.7 Å². The SMILES string of the molecule is CC(O)C1(C)c2ccccc2N(C)c2ccccc21. The summed E-state index contributed by atoms with van der Waals surface area (Å²) in [7, 11) is 2.08. The Balaban J connectivity index is 2.36. The second-order valence-electron chi connectivity index (χ2n) is 5.47. The lowest BCUT2D eigenvalue weighted by atomic mass is 9.69. The van der Waals surface area contributed by atoms with Crippen LogP contribution < -0.4 is 4.90 Å². The maximum atomic E-state index is 10.4. The van der Waals surface area contributed by atoms with Gasteiger partial charge in [-0.3, -0.25) is 0 Å². The molecule has 0 radical (unpaired) electrons. The van der Waals surface area contributed by atoms with Gasteiger partial charge in [-0.25, -0.2) is 0 Å². The molecule has 1 aliphatic heterocycles. The van der Waals surface area contributed by atoms with Gasteiger partial charge in [0, 0.05) is 23.8 Å². The molecule has 0 amide bonds. The minimum atomic E-state index is -0.441. The third-order valence-corrected chi connectivity index (χ3v) is 4.49. The van der Waals surface area contributed by atoms with E-state index in [0.717, 1.165) is 0 Å². The van der Waals surface area contributed by atoms with Gasteiger partial charge in [-0.1, -0.05) is 36.4 Å². The van der Waals surface area contributed by atoms with Crippen molar-refractivity contribution in [3.8, 4) is 0 Å². The van der Waals surface area contributed by atoms with Gasteiger partial charge >= 0.3 is 0 Å². The molecular formula is C17H19NO. The molecule has 19 heavy (non-hydrogen) atoms. The summed E-state index contributed by atoms with van der Waals surface area (Å²) in [6.07, 6.45) is -0.441. The first-order chi connectivity index (χ1) is 9.06. The number of para-hydroxylation sites is 2. The molecule has 1 aliphatic rings. The molecule has 0 saturated carbocycles. The van der Waals surface area contributed by atoms with Crippen LogP contribution in [0.2, 0.25) is 0 Å². The van der Waals surface area contributed by atoms with Crippen molar-refractivity contribution in [2.24, 2.45) is 0 Å². The number of hydrogen-bond donors (Lipinski definition) is 1. The van der Waals surface area contributed by atoms with E-state index in [-0.39, 0.29) is 5.41 Å². The van der Waals surface area contributed by atoms with Crippen molar-refractivity contribution in [1.29, 1.82) is 0 Å². The molecule has 2 aromatic carbocycles. The number of nitrogens with zero attached hydrogens (tertiary/aromatic N) is 1. The van der Waals surface area contributed by atoms with Crippen molar-refractivity contribution in [3.63, 3.8) is 0 Å². The van der Waals surface area contributed by atoms with Crippen LogP contribution in [0.15, 0.2) is 48.5 Å². The molecule has 3 rings (SSSR count). The van der Waals surface area contributed by atoms with E-state index >= 15 is 0 Å². The van der Waals surface area contributed by atoms with Gasteiger partial charge in [0.05, 0.1) is 6.10 Å². The Kier molecular flexibility index (Phi) is 2.64. The van der Waals surface area contributed by atoms with Gasteiger partial charge in [-0.05, 0) is 37.1 Å². The second-order valence-corrected chi connectivity index (χ2v) is 5.47. The molecule has 0 aromatic heterocycles. The predicted octanol–water partition coefficient (Wildman–Crippen LogP) is 3.45. The standard InChI is InChI=1S/C17H19NO/c1-12(19)17(2)13-8-4-6-10-15(13)18(3)16-11-7-5-9-14(16)17/h4-12,19H,1-3H3. The lowest BCUT2D eigenvalue weighted by Crippen LogP contribution is -2.41. The van der Waals surface area contributed by atoms with E-state index in [1.807, 2.05) is 31.2 Å². The number of aliphatic hydroxyl groups excluding tert-OH is 1. The Bertz CT molecular complexity index is 571. The summed E-state index contributed by atoms with van der Waals surface area (Å²) in [5, 5.41) is 10.4. The first kappa shape index (κ1) is 12.2. The minimum absolute atomic E-state index is 0.361. The monoisotopic (exact) mass is 253 g/mol. The topological polar surface area (TPSA) is 23.5 Å². The van der Waals surface area contributed by atoms with Gasteiger partial charge in [0.15, 0.2) is 0 Å². The van der Waals surface area contributed by atoms with E-state index < -0.39 is 6.10 Å². The number of rotatable bonds is 1. The molecule has 1 heterocycles. The molecule has 2 aromatic rings. The number of fused-ring (bicyclic) bond motifs is 2. The lowest BCUT2D eigenvalue weighted by Gasteiger charge is -2.44. The number of anilines is 2. The van der Waals surface area contributed by atoms with Gasteiger partial charge in [0.25, 0.3) is 0 Å². The molecule has 0 saturated heterocycles. The molecular weight excluding hydrogens is 234 g/mol. The Morgan fingerprint density at radius 2 is 1.37 bits per heavy atom. The van der Waals surface area contributed by atoms with E-state index in [4.69, 9.17) is 0 Å². The minimum Gasteiger partial charge on any atom is -0.392 e. The van der Waals surface area contributed by atoms with Gasteiger partial charge in [-0.15, -0.1) is 0 Å². The van der Waals surface area contributed by atoms with Crippen molar-refractivity contribution < 1.29 is 5.11 Å². The van der Waals surface area contributed by atoms with Gasteiger partial charge in [0.1, 0.15) is 0 Å². The molecule has 0 aliphatic carbocycles. The second kappa shape index (κ2) is 4.10. The van der Waals surface area contributed by atoms with Crippen LogP contribution in [0, 0.1) is 0 Å². The maximum Gasteiger partial charge on any atom is 0.0648 e. The van der Waals surface area contributed by atoms with Gasteiger partial charge < -0.3 is 10.0 Å². The van der Waals surface area contributed by atoms with E-state index in [0.29, 0.717) is 0 Å². The summed E-state index contributed by atoms with van der Waals surface area (Å²) in [5.41, 5.74) is 4.35. The number of aliphatic hydroxyl groups is 1. The zero-order valence-electron chi connectivity index (χ0n) is 11.6. The first-order valence-electron chi connectivity index (χ1n) is 6.67. The molecule has 2 heteroatoms. The summed E-state index contributed by atoms with van der Waals surface area (Å²) >= 11 is 0. The Morgan fingerprint density at radius 3 is 1.79 bits per heavy atom. The molecule has 1 unspecified atom stereocenters. The number of benzene rings is 2. The fourth-order valence-corrected chi connectivity index (χ4v) is 3.14. The van der Waals surface area contributed by atoms with E-state index in [1.54, 1.807) is 0 Å². The predicted molar refractivity (Wildman–Crippen MR) is 79.1 cm³/mol. The first-order valence-corrected chi connectivity index (χ1v) is 6.67. The number of hydrogen-bond acceptors (Lipinski definition) is 2. The fraction of sp³-hybridized carbons (Fsp3) is 0.294. The molecule has 1 atom stereocenters. The largest absolute Gasteiger partial charge is 0.392 e. The Morgan fingerprint density at radius 1 is 0.947 bits per heavy atom. The van der Waals surface area contributed by atoms with Crippen LogP contribution >= 0.6 is 0 Å². The third kappa shape index (κ3) is 1.53. The molecule has 0 fully saturated rings. The van der Waals surface area contributed by atoms with Crippen LogP contribution in [0.3, 0.4) is 0 Å². The average Bonchev–Trinajstić information content (AvgIpc) is 2.44. The quantitative estimate of drug-likeness (QED) is 0.841. The normalized spacial score (nSPS) is 17.6. The van der Waals surface area contributed by atoms with Gasteiger partial charge in [-0.2, -0.15) is 0 Å². The Labute approximate surface area is 114 Å². The van der Waals surface area contributed by atoms with Crippen LogP contribution in [0.5, 0.6) is 0 Å². The average molecular weight is 253 g/mol. The summed E-state index contributed by atoms with van der Waals surface area (Å²) in [5.74, 6) is 0. The third-order valence-electron chi connectivity index (χ3n) is 4.49. The molecule has 2 nitrogen and oxygen atoms in total. The summed E-state index contributed by atoms with van der Waals surface area (Å²) in [6.45, 7) is 4.00. The molecule has 0 spiro atoms. The van der Waals surface area contributed by atoms with E-state index in [1.165, 1.54) is 22.5 Å². The van der Waals surface area contributed by atoms with Crippen molar-refractivity contribution in [1.82, 2.24) is 0 Å².